The molecule has 0 fully saturated rings. The summed E-state index contributed by atoms with van der Waals surface area (Å²) in [5.41, 5.74) is 4.21. The van der Waals surface area contributed by atoms with Gasteiger partial charge in [-0.3, -0.25) is 15.1 Å². The molecule has 1 amide bonds. The Morgan fingerprint density at radius 2 is 2.08 bits per heavy atom. The summed E-state index contributed by atoms with van der Waals surface area (Å²) >= 11 is 1.27. The summed E-state index contributed by atoms with van der Waals surface area (Å²) in [6.45, 7) is 2.71. The van der Waals surface area contributed by atoms with Crippen molar-refractivity contribution in [2.45, 2.75) is 13.3 Å². The zero-order chi connectivity index (χ0) is 16.8. The molecule has 0 aliphatic carbocycles. The topological polar surface area (TPSA) is 92.7 Å². The fourth-order valence-corrected chi connectivity index (χ4v) is 2.45. The van der Waals surface area contributed by atoms with Gasteiger partial charge in [0.2, 0.25) is 5.13 Å². The quantitative estimate of drug-likeness (QED) is 0.716. The first kappa shape index (κ1) is 16.0. The summed E-state index contributed by atoms with van der Waals surface area (Å²) in [7, 11) is 0. The molecule has 3 aromatic rings. The summed E-state index contributed by atoms with van der Waals surface area (Å²) in [4.78, 5) is 20.5. The van der Waals surface area contributed by atoms with Crippen LogP contribution in [0.15, 0.2) is 42.2 Å². The van der Waals surface area contributed by atoms with Crippen molar-refractivity contribution in [1.29, 1.82) is 0 Å². The lowest BCUT2D eigenvalue weighted by Gasteiger charge is -2.07. The van der Waals surface area contributed by atoms with E-state index < -0.39 is 0 Å². The fourth-order valence-electron chi connectivity index (χ4n) is 2.01. The number of nitrogens with one attached hydrogen (secondary N) is 2. The molecule has 7 nitrogen and oxygen atoms in total. The molecule has 8 heteroatoms. The van der Waals surface area contributed by atoms with Gasteiger partial charge in [0.05, 0.1) is 5.56 Å². The predicted molar refractivity (Wildman–Crippen MR) is 93.3 cm³/mol. The standard InChI is InChI=1S/C16H16N6OS/c1-11-2-3-12(8-18-11)6-7-17-14-5-4-13(9-19-14)15(23)21-16-22-20-10-24-16/h2-5,8-10H,6-7H2,1H3,(H,17,19)(H,21,22,23). The van der Waals surface area contributed by atoms with Crippen molar-refractivity contribution in [2.75, 3.05) is 17.2 Å². The second-order valence-corrected chi connectivity index (χ2v) is 5.95. The lowest BCUT2D eigenvalue weighted by molar-refractivity contribution is 0.102. The Balaban J connectivity index is 1.50. The maximum Gasteiger partial charge on any atom is 0.259 e. The summed E-state index contributed by atoms with van der Waals surface area (Å²) in [6.07, 6.45) is 4.27. The first-order chi connectivity index (χ1) is 11.7. The van der Waals surface area contributed by atoms with Gasteiger partial charge in [-0.1, -0.05) is 17.4 Å². The molecule has 24 heavy (non-hydrogen) atoms. The Hall–Kier alpha value is -2.87. The molecule has 0 saturated carbocycles. The van der Waals surface area contributed by atoms with Crippen molar-refractivity contribution >= 4 is 28.2 Å². The first-order valence-electron chi connectivity index (χ1n) is 7.40. The van der Waals surface area contributed by atoms with Crippen molar-refractivity contribution in [3.63, 3.8) is 0 Å². The van der Waals surface area contributed by atoms with Crippen LogP contribution in [-0.4, -0.2) is 32.6 Å². The van der Waals surface area contributed by atoms with Gasteiger partial charge in [-0.05, 0) is 37.1 Å². The average molecular weight is 340 g/mol. The van der Waals surface area contributed by atoms with Crippen LogP contribution in [0.4, 0.5) is 10.9 Å². The Morgan fingerprint density at radius 1 is 1.17 bits per heavy atom. The number of pyridine rings is 2. The Labute approximate surface area is 143 Å². The summed E-state index contributed by atoms with van der Waals surface area (Å²) in [5, 5.41) is 13.8. The number of aromatic nitrogens is 4. The lowest BCUT2D eigenvalue weighted by Crippen LogP contribution is -2.13. The minimum absolute atomic E-state index is 0.253. The highest BCUT2D eigenvalue weighted by Gasteiger charge is 2.08. The molecule has 0 aromatic carbocycles. The summed E-state index contributed by atoms with van der Waals surface area (Å²) in [5.74, 6) is 0.471. The van der Waals surface area contributed by atoms with Gasteiger partial charge in [0.15, 0.2) is 0 Å². The average Bonchev–Trinajstić information content (AvgIpc) is 3.10. The molecule has 3 aromatic heterocycles. The Bertz CT molecular complexity index is 786. The lowest BCUT2D eigenvalue weighted by atomic mass is 10.2. The molecule has 0 saturated heterocycles. The molecule has 0 aliphatic heterocycles. The third kappa shape index (κ3) is 4.32. The van der Waals surface area contributed by atoms with Gasteiger partial charge in [-0.15, -0.1) is 10.2 Å². The molecule has 3 heterocycles. The van der Waals surface area contributed by atoms with Crippen LogP contribution in [-0.2, 0) is 6.42 Å². The van der Waals surface area contributed by atoms with E-state index in [1.54, 1.807) is 17.6 Å². The maximum atomic E-state index is 12.0. The zero-order valence-corrected chi connectivity index (χ0v) is 13.9. The molecular formula is C16H16N6OS. The number of anilines is 2. The third-order valence-corrected chi connectivity index (χ3v) is 3.91. The maximum absolute atomic E-state index is 12.0. The molecule has 0 atom stereocenters. The van der Waals surface area contributed by atoms with Gasteiger partial charge in [0.1, 0.15) is 11.3 Å². The Morgan fingerprint density at radius 3 is 2.75 bits per heavy atom. The van der Waals surface area contributed by atoms with Gasteiger partial charge >= 0.3 is 0 Å². The van der Waals surface area contributed by atoms with Gasteiger partial charge in [0, 0.05) is 24.6 Å². The number of hydrogen-bond donors (Lipinski definition) is 2. The molecule has 122 valence electrons. The summed E-state index contributed by atoms with van der Waals surface area (Å²) in [6, 6.07) is 7.57. The SMILES string of the molecule is Cc1ccc(CCNc2ccc(C(=O)Nc3nncs3)cn2)cn1. The monoisotopic (exact) mass is 340 g/mol. The minimum Gasteiger partial charge on any atom is -0.370 e. The molecule has 0 spiro atoms. The number of hydrogen-bond acceptors (Lipinski definition) is 7. The molecule has 2 N–H and O–H groups in total. The van der Waals surface area contributed by atoms with E-state index >= 15 is 0 Å². The van der Waals surface area contributed by atoms with E-state index in [2.05, 4.69) is 36.9 Å². The van der Waals surface area contributed by atoms with E-state index in [0.717, 1.165) is 24.5 Å². The van der Waals surface area contributed by atoms with Crippen LogP contribution >= 0.6 is 11.3 Å². The van der Waals surface area contributed by atoms with Crippen molar-refractivity contribution in [1.82, 2.24) is 20.2 Å². The fraction of sp³-hybridized carbons (Fsp3) is 0.188. The number of nitrogens with zero attached hydrogens (tertiary/aromatic N) is 4. The molecule has 0 aliphatic rings. The van der Waals surface area contributed by atoms with E-state index in [4.69, 9.17) is 0 Å². The highest BCUT2D eigenvalue weighted by molar-refractivity contribution is 7.13. The van der Waals surface area contributed by atoms with E-state index in [-0.39, 0.29) is 5.91 Å². The molecule has 0 unspecified atom stereocenters. The minimum atomic E-state index is -0.253. The second-order valence-electron chi connectivity index (χ2n) is 5.11. The molecule has 0 radical (unpaired) electrons. The van der Waals surface area contributed by atoms with Crippen LogP contribution in [0.5, 0.6) is 0 Å². The van der Waals surface area contributed by atoms with E-state index in [9.17, 15) is 4.79 Å². The van der Waals surface area contributed by atoms with Crippen LogP contribution in [0.3, 0.4) is 0 Å². The van der Waals surface area contributed by atoms with Gasteiger partial charge < -0.3 is 5.32 Å². The van der Waals surface area contributed by atoms with Gasteiger partial charge in [-0.25, -0.2) is 4.98 Å². The number of carbonyl (C=O) groups is 1. The third-order valence-electron chi connectivity index (χ3n) is 3.30. The second kappa shape index (κ2) is 7.60. The molecular weight excluding hydrogens is 324 g/mol. The normalized spacial score (nSPS) is 10.4. The van der Waals surface area contributed by atoms with E-state index in [1.807, 2.05) is 19.2 Å². The number of aryl methyl sites for hydroxylation is 1. The predicted octanol–water partition coefficient (Wildman–Crippen LogP) is 2.54. The Kier molecular flexibility index (Phi) is 5.07. The number of carbonyl (C=O) groups excluding carboxylic acids is 1. The van der Waals surface area contributed by atoms with Crippen LogP contribution in [0.1, 0.15) is 21.6 Å². The van der Waals surface area contributed by atoms with Gasteiger partial charge in [0.25, 0.3) is 5.91 Å². The smallest absolute Gasteiger partial charge is 0.259 e. The van der Waals surface area contributed by atoms with E-state index in [0.29, 0.717) is 10.7 Å². The highest BCUT2D eigenvalue weighted by atomic mass is 32.1. The number of amides is 1. The van der Waals surface area contributed by atoms with Crippen LogP contribution in [0, 0.1) is 6.92 Å². The molecule has 0 bridgehead atoms. The van der Waals surface area contributed by atoms with Crippen LogP contribution < -0.4 is 10.6 Å². The molecule has 3 rings (SSSR count). The van der Waals surface area contributed by atoms with Crippen molar-refractivity contribution in [3.05, 3.63) is 59.0 Å². The highest BCUT2D eigenvalue weighted by Crippen LogP contribution is 2.11. The largest absolute Gasteiger partial charge is 0.370 e. The van der Waals surface area contributed by atoms with Gasteiger partial charge in [-0.2, -0.15) is 0 Å². The zero-order valence-electron chi connectivity index (χ0n) is 13.1. The first-order valence-corrected chi connectivity index (χ1v) is 8.27. The van der Waals surface area contributed by atoms with Crippen molar-refractivity contribution in [3.8, 4) is 0 Å². The van der Waals surface area contributed by atoms with Crippen LogP contribution in [0.2, 0.25) is 0 Å². The summed E-state index contributed by atoms with van der Waals surface area (Å²) < 4.78 is 0. The number of rotatable bonds is 6. The van der Waals surface area contributed by atoms with Crippen molar-refractivity contribution in [2.24, 2.45) is 0 Å². The van der Waals surface area contributed by atoms with Crippen molar-refractivity contribution < 1.29 is 4.79 Å². The van der Waals surface area contributed by atoms with E-state index in [1.165, 1.54) is 23.1 Å². The van der Waals surface area contributed by atoms with Crippen LogP contribution in [0.25, 0.3) is 0 Å².